The Hall–Kier alpha value is -3.76. The van der Waals surface area contributed by atoms with Gasteiger partial charge in [-0.1, -0.05) is 0 Å². The average molecular weight is 319 g/mol. The Bertz CT molecular complexity index is 909. The predicted octanol–water partition coefficient (Wildman–Crippen LogP) is 0.457. The molecule has 2 rings (SSSR count). The second-order valence-corrected chi connectivity index (χ2v) is 4.25. The third-order valence-electron chi connectivity index (χ3n) is 2.62. The number of benzene rings is 1. The number of anilines is 1. The molecule has 6 N–H and O–H groups in total. The number of hydrogen-bond donors (Lipinski definition) is 5. The SMILES string of the molecule is Nc1[nH]c(=O)[nH]c(=O)c1N=Nc1cc(C(=O)O)cc(C(=O)O)c1. The quantitative estimate of drug-likeness (QED) is 0.505. The van der Waals surface area contributed by atoms with Crippen molar-refractivity contribution >= 4 is 29.1 Å². The highest BCUT2D eigenvalue weighted by Crippen LogP contribution is 2.21. The first-order valence-electron chi connectivity index (χ1n) is 5.93. The first-order valence-corrected chi connectivity index (χ1v) is 5.93. The standard InChI is InChI=1S/C12H9N5O6/c13-8-7(9(18)15-12(23)14-8)17-16-6-2-4(10(19)20)1-5(3-6)11(21)22/h1-3H,(H,19,20)(H,21,22)(H4,13,14,15,18,23). The number of hydrogen-bond acceptors (Lipinski definition) is 7. The summed E-state index contributed by atoms with van der Waals surface area (Å²) in [5, 5.41) is 25.0. The summed E-state index contributed by atoms with van der Waals surface area (Å²) < 4.78 is 0. The molecular weight excluding hydrogens is 310 g/mol. The van der Waals surface area contributed by atoms with E-state index in [1.165, 1.54) is 0 Å². The van der Waals surface area contributed by atoms with Gasteiger partial charge in [0.05, 0.1) is 16.8 Å². The topological polar surface area (TPSA) is 191 Å². The van der Waals surface area contributed by atoms with Gasteiger partial charge in [0.2, 0.25) is 0 Å². The summed E-state index contributed by atoms with van der Waals surface area (Å²) >= 11 is 0. The van der Waals surface area contributed by atoms with Gasteiger partial charge in [-0.25, -0.2) is 14.4 Å². The van der Waals surface area contributed by atoms with Gasteiger partial charge in [0.1, 0.15) is 5.82 Å². The second-order valence-electron chi connectivity index (χ2n) is 4.25. The fourth-order valence-electron chi connectivity index (χ4n) is 1.62. The molecule has 11 nitrogen and oxygen atoms in total. The Kier molecular flexibility index (Phi) is 4.03. The van der Waals surface area contributed by atoms with Gasteiger partial charge in [-0.2, -0.15) is 5.11 Å². The summed E-state index contributed by atoms with van der Waals surface area (Å²) in [5.74, 6) is -3.05. The average Bonchev–Trinajstić information content (AvgIpc) is 2.45. The fourth-order valence-corrected chi connectivity index (χ4v) is 1.62. The maximum Gasteiger partial charge on any atom is 0.335 e. The summed E-state index contributed by atoms with van der Waals surface area (Å²) in [7, 11) is 0. The largest absolute Gasteiger partial charge is 0.478 e. The van der Waals surface area contributed by atoms with Gasteiger partial charge in [-0.05, 0) is 18.2 Å². The zero-order chi connectivity index (χ0) is 17.1. The van der Waals surface area contributed by atoms with Crippen molar-refractivity contribution in [2.75, 3.05) is 5.73 Å². The molecule has 0 fully saturated rings. The van der Waals surface area contributed by atoms with Gasteiger partial charge in [0.25, 0.3) is 5.56 Å². The van der Waals surface area contributed by atoms with Crippen molar-refractivity contribution in [3.8, 4) is 0 Å². The smallest absolute Gasteiger partial charge is 0.335 e. The Morgan fingerprint density at radius 2 is 1.52 bits per heavy atom. The molecule has 118 valence electrons. The summed E-state index contributed by atoms with van der Waals surface area (Å²) in [5.41, 5.74) is 2.54. The number of nitrogen functional groups attached to an aromatic ring is 1. The van der Waals surface area contributed by atoms with Crippen molar-refractivity contribution in [1.29, 1.82) is 0 Å². The minimum Gasteiger partial charge on any atom is -0.478 e. The molecule has 0 aliphatic heterocycles. The molecule has 0 atom stereocenters. The lowest BCUT2D eigenvalue weighted by Crippen LogP contribution is -2.23. The number of rotatable bonds is 4. The number of aromatic carboxylic acids is 2. The molecule has 11 heteroatoms. The Labute approximate surface area is 126 Å². The van der Waals surface area contributed by atoms with Crippen LogP contribution in [0.15, 0.2) is 38.0 Å². The number of azo groups is 1. The van der Waals surface area contributed by atoms with E-state index in [1.54, 1.807) is 0 Å². The molecule has 0 bridgehead atoms. The predicted molar refractivity (Wildman–Crippen MR) is 76.6 cm³/mol. The van der Waals surface area contributed by atoms with Gasteiger partial charge in [0.15, 0.2) is 5.69 Å². The van der Waals surface area contributed by atoms with Gasteiger partial charge in [0, 0.05) is 0 Å². The summed E-state index contributed by atoms with van der Waals surface area (Å²) in [4.78, 5) is 48.4. The molecule has 0 aliphatic rings. The van der Waals surface area contributed by atoms with Gasteiger partial charge >= 0.3 is 17.6 Å². The zero-order valence-electron chi connectivity index (χ0n) is 11.2. The van der Waals surface area contributed by atoms with Crippen molar-refractivity contribution in [1.82, 2.24) is 9.97 Å². The number of carboxylic acids is 2. The normalized spacial score (nSPS) is 10.8. The van der Waals surface area contributed by atoms with Crippen LogP contribution in [0.1, 0.15) is 20.7 Å². The minimum absolute atomic E-state index is 0.118. The number of carbonyl (C=O) groups is 2. The van der Waals surface area contributed by atoms with Gasteiger partial charge in [-0.3, -0.25) is 14.8 Å². The van der Waals surface area contributed by atoms with Crippen molar-refractivity contribution in [2.24, 2.45) is 10.2 Å². The Morgan fingerprint density at radius 1 is 0.957 bits per heavy atom. The van der Waals surface area contributed by atoms with Crippen LogP contribution in [0, 0.1) is 0 Å². The third kappa shape index (κ3) is 3.47. The molecule has 0 aliphatic carbocycles. The van der Waals surface area contributed by atoms with Crippen LogP contribution < -0.4 is 17.0 Å². The minimum atomic E-state index is -1.36. The summed E-state index contributed by atoms with van der Waals surface area (Å²) in [6, 6.07) is 3.08. The lowest BCUT2D eigenvalue weighted by atomic mass is 10.1. The van der Waals surface area contributed by atoms with Crippen molar-refractivity contribution < 1.29 is 19.8 Å². The number of nitrogens with two attached hydrogens (primary N) is 1. The molecule has 0 saturated carbocycles. The number of H-pyrrole nitrogens is 2. The Morgan fingerprint density at radius 3 is 2.00 bits per heavy atom. The van der Waals surface area contributed by atoms with Crippen molar-refractivity contribution in [2.45, 2.75) is 0 Å². The van der Waals surface area contributed by atoms with Gasteiger partial charge < -0.3 is 15.9 Å². The van der Waals surface area contributed by atoms with E-state index in [1.807, 2.05) is 4.98 Å². The number of aromatic amines is 2. The van der Waals surface area contributed by atoms with Crippen LogP contribution in [0.5, 0.6) is 0 Å². The van der Waals surface area contributed by atoms with Crippen LogP contribution in [0.2, 0.25) is 0 Å². The van der Waals surface area contributed by atoms with E-state index in [0.29, 0.717) is 0 Å². The van der Waals surface area contributed by atoms with Crippen LogP contribution in [-0.4, -0.2) is 32.1 Å². The van der Waals surface area contributed by atoms with Crippen LogP contribution >= 0.6 is 0 Å². The van der Waals surface area contributed by atoms with Crippen LogP contribution in [0.4, 0.5) is 17.2 Å². The van der Waals surface area contributed by atoms with Crippen molar-refractivity contribution in [3.05, 3.63) is 50.2 Å². The summed E-state index contributed by atoms with van der Waals surface area (Å²) in [6.07, 6.45) is 0. The van der Waals surface area contributed by atoms with Gasteiger partial charge in [-0.15, -0.1) is 5.11 Å². The van der Waals surface area contributed by atoms with E-state index < -0.39 is 28.9 Å². The first-order chi connectivity index (χ1) is 10.8. The molecule has 23 heavy (non-hydrogen) atoms. The highest BCUT2D eigenvalue weighted by atomic mass is 16.4. The highest BCUT2D eigenvalue weighted by molar-refractivity contribution is 5.95. The van der Waals surface area contributed by atoms with E-state index >= 15 is 0 Å². The number of aromatic nitrogens is 2. The fraction of sp³-hybridized carbons (Fsp3) is 0. The van der Waals surface area contributed by atoms with Crippen LogP contribution in [0.25, 0.3) is 0 Å². The molecule has 0 radical (unpaired) electrons. The maximum absolute atomic E-state index is 11.5. The molecule has 0 saturated heterocycles. The van der Waals surface area contributed by atoms with E-state index in [4.69, 9.17) is 15.9 Å². The highest BCUT2D eigenvalue weighted by Gasteiger charge is 2.12. The van der Waals surface area contributed by atoms with E-state index in [-0.39, 0.29) is 22.6 Å². The van der Waals surface area contributed by atoms with E-state index in [0.717, 1.165) is 18.2 Å². The van der Waals surface area contributed by atoms with E-state index in [2.05, 4.69) is 15.2 Å². The number of nitrogens with zero attached hydrogens (tertiary/aromatic N) is 2. The summed E-state index contributed by atoms with van der Waals surface area (Å²) in [6.45, 7) is 0. The number of nitrogens with one attached hydrogen (secondary N) is 2. The first kappa shape index (κ1) is 15.6. The molecule has 2 aromatic rings. The number of carboxylic acid groups (broad SMARTS) is 2. The van der Waals surface area contributed by atoms with E-state index in [9.17, 15) is 19.2 Å². The lowest BCUT2D eigenvalue weighted by Gasteiger charge is -2.01. The molecule has 0 spiro atoms. The van der Waals surface area contributed by atoms with Crippen LogP contribution in [-0.2, 0) is 0 Å². The third-order valence-corrected chi connectivity index (χ3v) is 2.62. The molecule has 0 unspecified atom stereocenters. The second kappa shape index (κ2) is 5.93. The van der Waals surface area contributed by atoms with Crippen LogP contribution in [0.3, 0.4) is 0 Å². The molecule has 0 amide bonds. The molecule has 1 aromatic carbocycles. The molecule has 1 aromatic heterocycles. The maximum atomic E-state index is 11.5. The lowest BCUT2D eigenvalue weighted by molar-refractivity contribution is 0.0696. The zero-order valence-corrected chi connectivity index (χ0v) is 11.2. The van der Waals surface area contributed by atoms with Crippen molar-refractivity contribution in [3.63, 3.8) is 0 Å². The Balaban J connectivity index is 2.52. The molecule has 1 heterocycles. The monoisotopic (exact) mass is 319 g/mol. The molecular formula is C12H9N5O6.